The molecule has 1 unspecified atom stereocenters. The summed E-state index contributed by atoms with van der Waals surface area (Å²) in [5, 5.41) is 0. The lowest BCUT2D eigenvalue weighted by Crippen LogP contribution is -2.40. The largest absolute Gasteiger partial charge is 0.417 e. The van der Waals surface area contributed by atoms with Gasteiger partial charge in [0.15, 0.2) is 6.10 Å². The van der Waals surface area contributed by atoms with E-state index in [1.54, 1.807) is 12.1 Å². The molecule has 1 aliphatic rings. The summed E-state index contributed by atoms with van der Waals surface area (Å²) in [6.07, 6.45) is -2.62. The van der Waals surface area contributed by atoms with Crippen molar-refractivity contribution in [1.29, 1.82) is 0 Å². The number of nitrogens with one attached hydrogen (secondary N) is 1. The fraction of sp³-hybridized carbons (Fsp3) is 0.368. The first-order valence-corrected chi connectivity index (χ1v) is 8.60. The van der Waals surface area contributed by atoms with Crippen LogP contribution in [-0.4, -0.2) is 36.8 Å². The molecule has 2 aromatic rings. The van der Waals surface area contributed by atoms with Crippen molar-refractivity contribution in [3.8, 4) is 0 Å². The van der Waals surface area contributed by atoms with E-state index < -0.39 is 18.2 Å². The number of halogens is 3. The molecular weight excluding hydrogens is 359 g/mol. The van der Waals surface area contributed by atoms with Crippen LogP contribution < -0.4 is 10.4 Å². The molecule has 8 heteroatoms. The van der Waals surface area contributed by atoms with Crippen LogP contribution >= 0.6 is 0 Å². The summed E-state index contributed by atoms with van der Waals surface area (Å²) in [5.74, 6) is -0.774. The molecule has 0 fully saturated rings. The van der Waals surface area contributed by atoms with Crippen molar-refractivity contribution >= 4 is 11.6 Å². The quantitative estimate of drug-likeness (QED) is 0.810. The highest BCUT2D eigenvalue weighted by Crippen LogP contribution is 2.30. The van der Waals surface area contributed by atoms with E-state index in [2.05, 4.69) is 9.88 Å². The Hall–Kier alpha value is -2.61. The second-order valence-corrected chi connectivity index (χ2v) is 6.51. The van der Waals surface area contributed by atoms with Gasteiger partial charge < -0.3 is 4.90 Å². The average molecular weight is 379 g/mol. The van der Waals surface area contributed by atoms with Gasteiger partial charge in [-0.25, -0.2) is 5.48 Å². The summed E-state index contributed by atoms with van der Waals surface area (Å²) in [5.41, 5.74) is 4.59. The Morgan fingerprint density at radius 2 is 2.19 bits per heavy atom. The second-order valence-electron chi connectivity index (χ2n) is 6.51. The SMILES string of the molecule is CN1CCCc2cc(CC(ONC(=O)c3cccnc3)C(F)(F)F)ccc21. The van der Waals surface area contributed by atoms with Crippen LogP contribution in [-0.2, 0) is 17.7 Å². The van der Waals surface area contributed by atoms with E-state index in [4.69, 9.17) is 4.84 Å². The monoisotopic (exact) mass is 379 g/mol. The normalized spacial score (nSPS) is 15.2. The third-order valence-corrected chi connectivity index (χ3v) is 4.50. The number of fused-ring (bicyclic) bond motifs is 1. The minimum atomic E-state index is -4.62. The molecule has 1 atom stereocenters. The van der Waals surface area contributed by atoms with Crippen LogP contribution in [0.15, 0.2) is 42.7 Å². The van der Waals surface area contributed by atoms with E-state index in [-0.39, 0.29) is 12.0 Å². The van der Waals surface area contributed by atoms with Gasteiger partial charge in [-0.1, -0.05) is 12.1 Å². The van der Waals surface area contributed by atoms with Gasteiger partial charge in [0.25, 0.3) is 5.91 Å². The fourth-order valence-corrected chi connectivity index (χ4v) is 3.08. The fourth-order valence-electron chi connectivity index (χ4n) is 3.08. The van der Waals surface area contributed by atoms with Gasteiger partial charge in [-0.2, -0.15) is 13.2 Å². The Bertz CT molecular complexity index is 797. The highest BCUT2D eigenvalue weighted by molar-refractivity contribution is 5.93. The van der Waals surface area contributed by atoms with E-state index in [1.807, 2.05) is 18.6 Å². The molecule has 0 saturated heterocycles. The highest BCUT2D eigenvalue weighted by Gasteiger charge is 2.41. The summed E-state index contributed by atoms with van der Waals surface area (Å²) in [6.45, 7) is 0.932. The lowest BCUT2D eigenvalue weighted by Gasteiger charge is -2.28. The zero-order valence-corrected chi connectivity index (χ0v) is 14.8. The van der Waals surface area contributed by atoms with Crippen LogP contribution in [0.1, 0.15) is 27.9 Å². The Morgan fingerprint density at radius 1 is 1.37 bits per heavy atom. The van der Waals surface area contributed by atoms with Gasteiger partial charge in [-0.05, 0) is 42.2 Å². The number of nitrogens with zero attached hydrogens (tertiary/aromatic N) is 2. The maximum Gasteiger partial charge on any atom is 0.417 e. The van der Waals surface area contributed by atoms with Crippen LogP contribution in [0, 0.1) is 0 Å². The Morgan fingerprint density at radius 3 is 2.89 bits per heavy atom. The number of aromatic nitrogens is 1. The third kappa shape index (κ3) is 4.77. The van der Waals surface area contributed by atoms with Crippen LogP contribution in [0.2, 0.25) is 0 Å². The third-order valence-electron chi connectivity index (χ3n) is 4.50. The minimum Gasteiger partial charge on any atom is -0.374 e. The number of hydroxylamine groups is 1. The van der Waals surface area contributed by atoms with Gasteiger partial charge >= 0.3 is 6.18 Å². The molecule has 1 aliphatic heterocycles. The standard InChI is InChI=1S/C19H20F3N3O2/c1-25-9-3-5-14-10-13(6-7-16(14)25)11-17(19(20,21)22)27-24-18(26)15-4-2-8-23-12-15/h2,4,6-8,10,12,17H,3,5,9,11H2,1H3,(H,24,26). The molecule has 2 heterocycles. The molecule has 0 aliphatic carbocycles. The van der Waals surface area contributed by atoms with Gasteiger partial charge in [-0.15, -0.1) is 0 Å². The first-order chi connectivity index (χ1) is 12.8. The lowest BCUT2D eigenvalue weighted by atomic mass is 9.97. The minimum absolute atomic E-state index is 0.121. The van der Waals surface area contributed by atoms with Crippen molar-refractivity contribution < 1.29 is 22.8 Å². The molecule has 1 aromatic carbocycles. The van der Waals surface area contributed by atoms with E-state index >= 15 is 0 Å². The van der Waals surface area contributed by atoms with Crippen molar-refractivity contribution in [2.24, 2.45) is 0 Å². The van der Waals surface area contributed by atoms with Gasteiger partial charge in [-0.3, -0.25) is 14.6 Å². The predicted octanol–water partition coefficient (Wildman–Crippen LogP) is 3.30. The topological polar surface area (TPSA) is 54.5 Å². The molecule has 0 spiro atoms. The summed E-state index contributed by atoms with van der Waals surface area (Å²) in [4.78, 5) is 22.5. The first kappa shape index (κ1) is 19.2. The number of benzene rings is 1. The number of carbonyl (C=O) groups is 1. The number of rotatable bonds is 5. The molecule has 1 N–H and O–H groups in total. The van der Waals surface area contributed by atoms with Crippen LogP contribution in [0.5, 0.6) is 0 Å². The average Bonchev–Trinajstić information content (AvgIpc) is 2.64. The van der Waals surface area contributed by atoms with E-state index in [1.165, 1.54) is 24.5 Å². The van der Waals surface area contributed by atoms with Gasteiger partial charge in [0.1, 0.15) is 0 Å². The van der Waals surface area contributed by atoms with Gasteiger partial charge in [0, 0.05) is 38.1 Å². The zero-order valence-electron chi connectivity index (χ0n) is 14.8. The van der Waals surface area contributed by atoms with E-state index in [0.29, 0.717) is 5.56 Å². The molecule has 0 bridgehead atoms. The number of amides is 1. The summed E-state index contributed by atoms with van der Waals surface area (Å²) in [6, 6.07) is 8.25. The number of hydrogen-bond donors (Lipinski definition) is 1. The number of alkyl halides is 3. The predicted molar refractivity (Wildman–Crippen MR) is 94.4 cm³/mol. The second kappa shape index (κ2) is 7.96. The van der Waals surface area contributed by atoms with Crippen molar-refractivity contribution in [2.75, 3.05) is 18.5 Å². The number of pyridine rings is 1. The maximum absolute atomic E-state index is 13.4. The smallest absolute Gasteiger partial charge is 0.374 e. The molecule has 5 nitrogen and oxygen atoms in total. The van der Waals surface area contributed by atoms with Crippen LogP contribution in [0.3, 0.4) is 0 Å². The van der Waals surface area contributed by atoms with Crippen LogP contribution in [0.25, 0.3) is 0 Å². The number of carbonyl (C=O) groups excluding carboxylic acids is 1. The van der Waals surface area contributed by atoms with Crippen molar-refractivity contribution in [1.82, 2.24) is 10.5 Å². The Kier molecular flexibility index (Phi) is 5.65. The lowest BCUT2D eigenvalue weighted by molar-refractivity contribution is -0.231. The molecule has 0 radical (unpaired) electrons. The van der Waals surface area contributed by atoms with Gasteiger partial charge in [0.05, 0.1) is 5.56 Å². The van der Waals surface area contributed by atoms with Crippen molar-refractivity contribution in [3.05, 3.63) is 59.4 Å². The van der Waals surface area contributed by atoms with Crippen molar-refractivity contribution in [3.63, 3.8) is 0 Å². The number of anilines is 1. The van der Waals surface area contributed by atoms with Crippen molar-refractivity contribution in [2.45, 2.75) is 31.5 Å². The number of hydrogen-bond acceptors (Lipinski definition) is 4. The highest BCUT2D eigenvalue weighted by atomic mass is 19.4. The van der Waals surface area contributed by atoms with Crippen LogP contribution in [0.4, 0.5) is 18.9 Å². The molecule has 1 aromatic heterocycles. The zero-order chi connectivity index (χ0) is 19.4. The van der Waals surface area contributed by atoms with E-state index in [0.717, 1.165) is 30.6 Å². The Balaban J connectivity index is 1.70. The first-order valence-electron chi connectivity index (χ1n) is 8.60. The molecule has 1 amide bonds. The molecule has 144 valence electrons. The summed E-state index contributed by atoms with van der Waals surface area (Å²) >= 11 is 0. The number of aryl methyl sites for hydroxylation is 1. The summed E-state index contributed by atoms with van der Waals surface area (Å²) in [7, 11) is 1.97. The Labute approximate surface area is 155 Å². The van der Waals surface area contributed by atoms with E-state index in [9.17, 15) is 18.0 Å². The maximum atomic E-state index is 13.4. The molecule has 0 saturated carbocycles. The molecule has 27 heavy (non-hydrogen) atoms. The molecular formula is C19H20F3N3O2. The van der Waals surface area contributed by atoms with Gasteiger partial charge in [0.2, 0.25) is 0 Å². The molecule has 3 rings (SSSR count). The summed E-state index contributed by atoms with van der Waals surface area (Å²) < 4.78 is 40.1.